The predicted octanol–water partition coefficient (Wildman–Crippen LogP) is 4.62. The molecule has 0 unspecified atom stereocenters. The zero-order chi connectivity index (χ0) is 14.7. The summed E-state index contributed by atoms with van der Waals surface area (Å²) in [6.07, 6.45) is 0. The van der Waals surface area contributed by atoms with E-state index in [1.54, 1.807) is 18.2 Å². The molecule has 0 N–H and O–H groups in total. The molecule has 0 aliphatic heterocycles. The number of rotatable bonds is 1. The van der Waals surface area contributed by atoms with Crippen molar-refractivity contribution in [3.8, 4) is 11.8 Å². The maximum absolute atomic E-state index is 11.4. The summed E-state index contributed by atoms with van der Waals surface area (Å²) in [7, 11) is 0. The highest BCUT2D eigenvalue weighted by Gasteiger charge is 2.05. The summed E-state index contributed by atoms with van der Waals surface area (Å²) in [5.41, 5.74) is 1.99. The van der Waals surface area contributed by atoms with Crippen molar-refractivity contribution >= 4 is 27.6 Å². The smallest absolute Gasteiger partial charge is 0.253 e. The first-order valence-electron chi connectivity index (χ1n) is 6.54. The van der Waals surface area contributed by atoms with E-state index in [0.717, 1.165) is 10.9 Å². The van der Waals surface area contributed by atoms with Gasteiger partial charge < -0.3 is 0 Å². The normalized spacial score (nSPS) is 9.95. The lowest BCUT2D eigenvalue weighted by molar-refractivity contribution is 0.108. The Bertz CT molecular complexity index is 884. The molecular weight excluding hydrogens is 280 g/mol. The SMILES string of the molecule is O=C(Cl)c1ccccc1C#Cc1ccc2ccccc2c1. The summed E-state index contributed by atoms with van der Waals surface area (Å²) >= 11 is 5.56. The molecule has 0 radical (unpaired) electrons. The average molecular weight is 291 g/mol. The van der Waals surface area contributed by atoms with E-state index >= 15 is 0 Å². The first kappa shape index (κ1) is 13.4. The number of hydrogen-bond donors (Lipinski definition) is 0. The molecule has 0 spiro atoms. The van der Waals surface area contributed by atoms with Crippen LogP contribution in [0.5, 0.6) is 0 Å². The molecule has 0 fully saturated rings. The summed E-state index contributed by atoms with van der Waals surface area (Å²) < 4.78 is 0. The van der Waals surface area contributed by atoms with E-state index in [4.69, 9.17) is 11.6 Å². The van der Waals surface area contributed by atoms with Crippen molar-refractivity contribution in [3.05, 3.63) is 83.4 Å². The lowest BCUT2D eigenvalue weighted by atomic mass is 10.1. The Morgan fingerprint density at radius 1 is 0.810 bits per heavy atom. The van der Waals surface area contributed by atoms with Crippen molar-refractivity contribution in [3.63, 3.8) is 0 Å². The Kier molecular flexibility index (Phi) is 3.73. The van der Waals surface area contributed by atoms with Gasteiger partial charge >= 0.3 is 0 Å². The molecule has 0 heterocycles. The lowest BCUT2D eigenvalue weighted by Crippen LogP contribution is -1.92. The highest BCUT2D eigenvalue weighted by molar-refractivity contribution is 6.68. The second-order valence-electron chi connectivity index (χ2n) is 4.63. The van der Waals surface area contributed by atoms with Gasteiger partial charge in [-0.2, -0.15) is 0 Å². The van der Waals surface area contributed by atoms with Crippen LogP contribution in [0.25, 0.3) is 10.8 Å². The van der Waals surface area contributed by atoms with Gasteiger partial charge in [-0.15, -0.1) is 0 Å². The molecule has 0 bridgehead atoms. The van der Waals surface area contributed by atoms with Gasteiger partial charge in [0, 0.05) is 16.7 Å². The molecule has 1 nitrogen and oxygen atoms in total. The second-order valence-corrected chi connectivity index (χ2v) is 4.97. The number of carbonyl (C=O) groups excluding carboxylic acids is 1. The van der Waals surface area contributed by atoms with E-state index < -0.39 is 5.24 Å². The van der Waals surface area contributed by atoms with Crippen molar-refractivity contribution in [2.75, 3.05) is 0 Å². The van der Waals surface area contributed by atoms with Gasteiger partial charge in [-0.3, -0.25) is 4.79 Å². The van der Waals surface area contributed by atoms with Crippen molar-refractivity contribution < 1.29 is 4.79 Å². The Morgan fingerprint density at radius 2 is 1.52 bits per heavy atom. The van der Waals surface area contributed by atoms with Crippen LogP contribution in [0, 0.1) is 11.8 Å². The summed E-state index contributed by atoms with van der Waals surface area (Å²) in [5, 5.41) is 1.84. The summed E-state index contributed by atoms with van der Waals surface area (Å²) in [6.45, 7) is 0. The van der Waals surface area contributed by atoms with Gasteiger partial charge in [0.05, 0.1) is 0 Å². The largest absolute Gasteiger partial charge is 0.276 e. The minimum absolute atomic E-state index is 0.437. The molecule has 0 aliphatic carbocycles. The van der Waals surface area contributed by atoms with E-state index in [2.05, 4.69) is 24.0 Å². The molecule has 3 aromatic carbocycles. The fourth-order valence-electron chi connectivity index (χ4n) is 2.17. The van der Waals surface area contributed by atoms with Crippen LogP contribution in [0.15, 0.2) is 66.7 Å². The first-order valence-corrected chi connectivity index (χ1v) is 6.91. The molecule has 0 saturated heterocycles. The third kappa shape index (κ3) is 2.97. The fraction of sp³-hybridized carbons (Fsp3) is 0. The fourth-order valence-corrected chi connectivity index (χ4v) is 2.33. The van der Waals surface area contributed by atoms with Gasteiger partial charge in [-0.25, -0.2) is 0 Å². The number of hydrogen-bond acceptors (Lipinski definition) is 1. The zero-order valence-corrected chi connectivity index (χ0v) is 11.9. The van der Waals surface area contributed by atoms with Crippen LogP contribution in [-0.2, 0) is 0 Å². The Morgan fingerprint density at radius 3 is 2.33 bits per heavy atom. The molecule has 3 rings (SSSR count). The van der Waals surface area contributed by atoms with Crippen LogP contribution >= 0.6 is 11.6 Å². The van der Waals surface area contributed by atoms with Crippen LogP contribution in [0.1, 0.15) is 21.5 Å². The lowest BCUT2D eigenvalue weighted by Gasteiger charge is -1.99. The summed E-state index contributed by atoms with van der Waals surface area (Å²) in [4.78, 5) is 11.4. The first-order chi connectivity index (χ1) is 10.2. The topological polar surface area (TPSA) is 17.1 Å². The van der Waals surface area contributed by atoms with E-state index in [0.29, 0.717) is 11.1 Å². The third-order valence-electron chi connectivity index (χ3n) is 3.23. The third-order valence-corrected chi connectivity index (χ3v) is 3.43. The molecule has 0 aliphatic rings. The molecule has 0 atom stereocenters. The standard InChI is InChI=1S/C19H11ClO/c20-19(21)18-8-4-3-6-16(18)12-10-14-9-11-15-5-1-2-7-17(15)13-14/h1-9,11,13H. The van der Waals surface area contributed by atoms with Crippen LogP contribution in [0.4, 0.5) is 0 Å². The molecule has 0 aromatic heterocycles. The number of benzene rings is 3. The minimum Gasteiger partial charge on any atom is -0.276 e. The maximum atomic E-state index is 11.4. The summed E-state index contributed by atoms with van der Waals surface area (Å²) in [5.74, 6) is 6.11. The van der Waals surface area contributed by atoms with Crippen LogP contribution in [0.2, 0.25) is 0 Å². The van der Waals surface area contributed by atoms with Gasteiger partial charge in [0.2, 0.25) is 0 Å². The molecule has 0 amide bonds. The monoisotopic (exact) mass is 290 g/mol. The maximum Gasteiger partial charge on any atom is 0.253 e. The highest BCUT2D eigenvalue weighted by atomic mass is 35.5. The van der Waals surface area contributed by atoms with Crippen molar-refractivity contribution in [1.29, 1.82) is 0 Å². The minimum atomic E-state index is -0.488. The van der Waals surface area contributed by atoms with Crippen molar-refractivity contribution in [2.45, 2.75) is 0 Å². The number of fused-ring (bicyclic) bond motifs is 1. The van der Waals surface area contributed by atoms with E-state index in [1.165, 1.54) is 5.39 Å². The molecule has 2 heteroatoms. The molecule has 100 valence electrons. The van der Waals surface area contributed by atoms with Gasteiger partial charge in [0.1, 0.15) is 0 Å². The summed E-state index contributed by atoms with van der Waals surface area (Å²) in [6, 6.07) is 21.3. The van der Waals surface area contributed by atoms with Gasteiger partial charge in [-0.05, 0) is 46.6 Å². The molecule has 0 saturated carbocycles. The van der Waals surface area contributed by atoms with Gasteiger partial charge in [-0.1, -0.05) is 54.3 Å². The highest BCUT2D eigenvalue weighted by Crippen LogP contribution is 2.15. The van der Waals surface area contributed by atoms with Gasteiger partial charge in [0.15, 0.2) is 0 Å². The second kappa shape index (κ2) is 5.83. The van der Waals surface area contributed by atoms with E-state index in [9.17, 15) is 4.79 Å². The van der Waals surface area contributed by atoms with E-state index in [-0.39, 0.29) is 0 Å². The Labute approximate surface area is 128 Å². The molecule has 21 heavy (non-hydrogen) atoms. The van der Waals surface area contributed by atoms with Gasteiger partial charge in [0.25, 0.3) is 5.24 Å². The number of halogens is 1. The van der Waals surface area contributed by atoms with E-state index in [1.807, 2.05) is 36.4 Å². The van der Waals surface area contributed by atoms with Crippen molar-refractivity contribution in [2.24, 2.45) is 0 Å². The van der Waals surface area contributed by atoms with Crippen LogP contribution < -0.4 is 0 Å². The van der Waals surface area contributed by atoms with Crippen molar-refractivity contribution in [1.82, 2.24) is 0 Å². The Balaban J connectivity index is 2.02. The van der Waals surface area contributed by atoms with Crippen LogP contribution in [0.3, 0.4) is 0 Å². The zero-order valence-electron chi connectivity index (χ0n) is 11.1. The predicted molar refractivity (Wildman–Crippen MR) is 86.6 cm³/mol. The Hall–Kier alpha value is -2.56. The number of carbonyl (C=O) groups is 1. The quantitative estimate of drug-likeness (QED) is 0.472. The average Bonchev–Trinajstić information content (AvgIpc) is 2.53. The van der Waals surface area contributed by atoms with Crippen LogP contribution in [-0.4, -0.2) is 5.24 Å². The molecular formula is C19H11ClO. The molecule has 3 aromatic rings.